The van der Waals surface area contributed by atoms with Gasteiger partial charge in [0.05, 0.1) is 0 Å². The van der Waals surface area contributed by atoms with Crippen LogP contribution in [0.25, 0.3) is 11.4 Å². The minimum Gasteiger partial charge on any atom is -0.477 e. The van der Waals surface area contributed by atoms with Crippen LogP contribution in [0.5, 0.6) is 0 Å². The van der Waals surface area contributed by atoms with Gasteiger partial charge >= 0.3 is 5.97 Å². The lowest BCUT2D eigenvalue weighted by atomic mass is 10.2. The lowest BCUT2D eigenvalue weighted by Crippen LogP contribution is -1.91. The molecule has 1 N–H and O–H groups in total. The van der Waals surface area contributed by atoms with Gasteiger partial charge in [-0.2, -0.15) is 0 Å². The summed E-state index contributed by atoms with van der Waals surface area (Å²) in [4.78, 5) is 21.6. The normalized spacial score (nSPS) is 10.5. The Kier molecular flexibility index (Phi) is 3.44. The minimum atomic E-state index is -0.912. The first-order chi connectivity index (χ1) is 8.11. The fraction of sp³-hybridized carbons (Fsp3) is 0.182. The molecule has 2 rings (SSSR count). The van der Waals surface area contributed by atoms with Gasteiger partial charge in [-0.15, -0.1) is 23.1 Å². The van der Waals surface area contributed by atoms with Crippen molar-refractivity contribution >= 4 is 29.1 Å². The predicted molar refractivity (Wildman–Crippen MR) is 68.8 cm³/mol. The molecule has 0 unspecified atom stereocenters. The van der Waals surface area contributed by atoms with Gasteiger partial charge in [-0.05, 0) is 19.2 Å². The van der Waals surface area contributed by atoms with Crippen molar-refractivity contribution in [3.05, 3.63) is 28.2 Å². The molecule has 0 radical (unpaired) electrons. The molecular formula is C11H10N2O2S2. The number of thioether (sulfide) groups is 1. The van der Waals surface area contributed by atoms with Crippen LogP contribution < -0.4 is 0 Å². The third-order valence-electron chi connectivity index (χ3n) is 2.23. The SMILES string of the molecule is CSc1cnc(-c2cc(C(=O)O)sc2C)nc1. The maximum atomic E-state index is 10.9. The molecule has 0 aliphatic heterocycles. The number of hydrogen-bond acceptors (Lipinski definition) is 5. The summed E-state index contributed by atoms with van der Waals surface area (Å²) in [6.45, 7) is 1.87. The lowest BCUT2D eigenvalue weighted by molar-refractivity contribution is 0.0702. The number of carboxylic acids is 1. The Labute approximate surface area is 107 Å². The van der Waals surface area contributed by atoms with E-state index in [0.717, 1.165) is 15.3 Å². The molecule has 2 aromatic rings. The number of carboxylic acid groups (broad SMARTS) is 1. The highest BCUT2D eigenvalue weighted by Gasteiger charge is 2.14. The molecule has 0 saturated carbocycles. The van der Waals surface area contributed by atoms with Crippen LogP contribution in [-0.2, 0) is 0 Å². The van der Waals surface area contributed by atoms with Crippen molar-refractivity contribution in [2.24, 2.45) is 0 Å². The second-order valence-electron chi connectivity index (χ2n) is 3.33. The van der Waals surface area contributed by atoms with Crippen molar-refractivity contribution in [2.75, 3.05) is 6.26 Å². The minimum absolute atomic E-state index is 0.315. The molecule has 0 atom stereocenters. The zero-order valence-corrected chi connectivity index (χ0v) is 10.9. The average Bonchev–Trinajstić information content (AvgIpc) is 2.72. The number of aromatic carboxylic acids is 1. The average molecular weight is 266 g/mol. The number of carbonyl (C=O) groups is 1. The Morgan fingerprint density at radius 3 is 2.53 bits per heavy atom. The quantitative estimate of drug-likeness (QED) is 0.865. The first-order valence-corrected chi connectivity index (χ1v) is 6.86. The second kappa shape index (κ2) is 4.85. The van der Waals surface area contributed by atoms with Crippen molar-refractivity contribution in [2.45, 2.75) is 11.8 Å². The highest BCUT2D eigenvalue weighted by molar-refractivity contribution is 7.98. The molecule has 0 spiro atoms. The van der Waals surface area contributed by atoms with E-state index in [0.29, 0.717) is 10.7 Å². The van der Waals surface area contributed by atoms with E-state index in [1.54, 1.807) is 30.2 Å². The zero-order valence-electron chi connectivity index (χ0n) is 9.30. The third-order valence-corrected chi connectivity index (χ3v) is 3.95. The van der Waals surface area contributed by atoms with Gasteiger partial charge in [-0.25, -0.2) is 14.8 Å². The van der Waals surface area contributed by atoms with Crippen LogP contribution in [0.15, 0.2) is 23.4 Å². The smallest absolute Gasteiger partial charge is 0.345 e. The Morgan fingerprint density at radius 1 is 1.41 bits per heavy atom. The molecule has 6 heteroatoms. The third kappa shape index (κ3) is 2.48. The van der Waals surface area contributed by atoms with Crippen LogP contribution in [-0.4, -0.2) is 27.3 Å². The standard InChI is InChI=1S/C11H10N2O2S2/c1-6-8(3-9(17-6)11(14)15)10-12-4-7(16-2)5-13-10/h3-5H,1-2H3,(H,14,15). The predicted octanol–water partition coefficient (Wildman–Crippen LogP) is 2.93. The van der Waals surface area contributed by atoms with Crippen molar-refractivity contribution in [3.8, 4) is 11.4 Å². The van der Waals surface area contributed by atoms with Gasteiger partial charge in [-0.1, -0.05) is 0 Å². The summed E-state index contributed by atoms with van der Waals surface area (Å²) in [7, 11) is 0. The first kappa shape index (κ1) is 12.1. The van der Waals surface area contributed by atoms with Gasteiger partial charge < -0.3 is 5.11 Å². The fourth-order valence-corrected chi connectivity index (χ4v) is 2.54. The van der Waals surface area contributed by atoms with Gasteiger partial charge in [0.25, 0.3) is 0 Å². The van der Waals surface area contributed by atoms with Gasteiger partial charge in [0.2, 0.25) is 0 Å². The molecule has 0 aromatic carbocycles. The van der Waals surface area contributed by atoms with E-state index >= 15 is 0 Å². The molecule has 0 aliphatic rings. The summed E-state index contributed by atoms with van der Waals surface area (Å²) in [6.07, 6.45) is 5.44. The molecule has 2 aromatic heterocycles. The molecule has 0 saturated heterocycles. The molecular weight excluding hydrogens is 256 g/mol. The van der Waals surface area contributed by atoms with E-state index in [4.69, 9.17) is 5.11 Å². The maximum Gasteiger partial charge on any atom is 0.345 e. The molecule has 0 bridgehead atoms. The number of hydrogen-bond donors (Lipinski definition) is 1. The van der Waals surface area contributed by atoms with Crippen LogP contribution >= 0.6 is 23.1 Å². The van der Waals surface area contributed by atoms with E-state index in [2.05, 4.69) is 9.97 Å². The zero-order chi connectivity index (χ0) is 12.4. The summed E-state index contributed by atoms with van der Waals surface area (Å²) in [5, 5.41) is 8.92. The van der Waals surface area contributed by atoms with Crippen LogP contribution in [0.4, 0.5) is 0 Å². The van der Waals surface area contributed by atoms with E-state index in [1.807, 2.05) is 13.2 Å². The Bertz CT molecular complexity index is 549. The van der Waals surface area contributed by atoms with Crippen molar-refractivity contribution in [1.82, 2.24) is 9.97 Å². The number of nitrogens with zero attached hydrogens (tertiary/aromatic N) is 2. The van der Waals surface area contributed by atoms with E-state index in [1.165, 1.54) is 11.3 Å². The number of rotatable bonds is 3. The lowest BCUT2D eigenvalue weighted by Gasteiger charge is -1.99. The topological polar surface area (TPSA) is 63.1 Å². The summed E-state index contributed by atoms with van der Waals surface area (Å²) >= 11 is 2.81. The molecule has 0 fully saturated rings. The van der Waals surface area contributed by atoms with Crippen molar-refractivity contribution in [1.29, 1.82) is 0 Å². The molecule has 4 nitrogen and oxygen atoms in total. The van der Waals surface area contributed by atoms with Gasteiger partial charge in [0, 0.05) is 27.7 Å². The Morgan fingerprint density at radius 2 is 2.06 bits per heavy atom. The number of aromatic nitrogens is 2. The van der Waals surface area contributed by atoms with Gasteiger partial charge in [-0.3, -0.25) is 0 Å². The number of thiophene rings is 1. The Hall–Kier alpha value is -1.40. The van der Waals surface area contributed by atoms with E-state index in [-0.39, 0.29) is 0 Å². The molecule has 0 aliphatic carbocycles. The molecule has 17 heavy (non-hydrogen) atoms. The Balaban J connectivity index is 2.41. The summed E-state index contributed by atoms with van der Waals surface area (Å²) in [5.74, 6) is -0.339. The molecule has 0 amide bonds. The van der Waals surface area contributed by atoms with Crippen LogP contribution in [0.1, 0.15) is 14.5 Å². The maximum absolute atomic E-state index is 10.9. The van der Waals surface area contributed by atoms with Crippen LogP contribution in [0, 0.1) is 6.92 Å². The monoisotopic (exact) mass is 266 g/mol. The molecule has 2 heterocycles. The van der Waals surface area contributed by atoms with E-state index in [9.17, 15) is 4.79 Å². The largest absolute Gasteiger partial charge is 0.477 e. The summed E-state index contributed by atoms with van der Waals surface area (Å²) < 4.78 is 0. The van der Waals surface area contributed by atoms with Gasteiger partial charge in [0.15, 0.2) is 5.82 Å². The highest BCUT2D eigenvalue weighted by Crippen LogP contribution is 2.29. The molecule has 88 valence electrons. The summed E-state index contributed by atoms with van der Waals surface area (Å²) in [6, 6.07) is 1.62. The number of aryl methyl sites for hydroxylation is 1. The summed E-state index contributed by atoms with van der Waals surface area (Å²) in [5.41, 5.74) is 0.792. The van der Waals surface area contributed by atoms with Crippen LogP contribution in [0.3, 0.4) is 0 Å². The van der Waals surface area contributed by atoms with E-state index < -0.39 is 5.97 Å². The van der Waals surface area contributed by atoms with Gasteiger partial charge in [0.1, 0.15) is 4.88 Å². The highest BCUT2D eigenvalue weighted by atomic mass is 32.2. The fourth-order valence-electron chi connectivity index (χ4n) is 1.37. The second-order valence-corrected chi connectivity index (χ2v) is 5.47. The van der Waals surface area contributed by atoms with Crippen molar-refractivity contribution < 1.29 is 9.90 Å². The van der Waals surface area contributed by atoms with Crippen molar-refractivity contribution in [3.63, 3.8) is 0 Å². The first-order valence-electron chi connectivity index (χ1n) is 4.82. The van der Waals surface area contributed by atoms with Crippen LogP contribution in [0.2, 0.25) is 0 Å².